The van der Waals surface area contributed by atoms with Crippen LogP contribution in [0.4, 0.5) is 53.5 Å². The Morgan fingerprint density at radius 1 is 0.258 bits per heavy atom. The molecule has 0 radical (unpaired) electrons. The van der Waals surface area contributed by atoms with Gasteiger partial charge in [0.1, 0.15) is 0 Å². The van der Waals surface area contributed by atoms with E-state index in [1.165, 1.54) is 0 Å². The van der Waals surface area contributed by atoms with Crippen molar-refractivity contribution in [3.63, 3.8) is 0 Å². The number of nitrogens with two attached hydrogens (primary N) is 9. The average molecular weight is 434 g/mol. The molecule has 0 aliphatic rings. The van der Waals surface area contributed by atoms with Gasteiger partial charge >= 0.3 is 0 Å². The molecule has 3 heterocycles. The third kappa shape index (κ3) is 13.5. The van der Waals surface area contributed by atoms with Crippen LogP contribution < -0.4 is 51.6 Å². The molecule has 0 fully saturated rings. The van der Waals surface area contributed by atoms with E-state index in [0.29, 0.717) is 0 Å². The van der Waals surface area contributed by atoms with Gasteiger partial charge in [0.05, 0.1) is 0 Å². The van der Waals surface area contributed by atoms with Gasteiger partial charge in [-0.15, -0.1) is 26.3 Å². The number of nitrogens with zero attached hydrogens (tertiary/aromatic N) is 9. The number of aromatic nitrogens is 9. The second kappa shape index (κ2) is 14.7. The molecule has 3 rings (SSSR count). The number of rotatable bonds is 0. The van der Waals surface area contributed by atoms with E-state index in [9.17, 15) is 0 Å². The Bertz CT molecular complexity index is 659. The van der Waals surface area contributed by atoms with Crippen molar-refractivity contribution in [2.24, 2.45) is 0 Å². The van der Waals surface area contributed by atoms with Gasteiger partial charge < -0.3 is 51.6 Å². The van der Waals surface area contributed by atoms with E-state index in [4.69, 9.17) is 51.6 Å². The van der Waals surface area contributed by atoms with E-state index in [1.54, 1.807) is 0 Å². The average Bonchev–Trinajstić information content (AvgIpc) is 2.62. The summed E-state index contributed by atoms with van der Waals surface area (Å²) in [7, 11) is 0. The van der Waals surface area contributed by atoms with Gasteiger partial charge in [0.25, 0.3) is 0 Å². The van der Waals surface area contributed by atoms with Crippen molar-refractivity contribution < 1.29 is 0 Å². The molecule has 3 aromatic heterocycles. The topological polar surface area (TPSA) is 350 Å². The maximum Gasteiger partial charge on any atom is 0.226 e. The Balaban J connectivity index is 0. The second-order valence-electron chi connectivity index (χ2n) is 4.23. The van der Waals surface area contributed by atoms with Crippen LogP contribution in [0.15, 0.2) is 26.3 Å². The first-order valence-corrected chi connectivity index (χ1v) is 7.62. The van der Waals surface area contributed by atoms with Gasteiger partial charge in [0.2, 0.25) is 53.5 Å². The van der Waals surface area contributed by atoms with Gasteiger partial charge in [0, 0.05) is 0 Å². The lowest BCUT2D eigenvalue weighted by molar-refractivity contribution is 1.09. The fourth-order valence-electron chi connectivity index (χ4n) is 1.28. The van der Waals surface area contributed by atoms with Crippen LogP contribution in [0.1, 0.15) is 0 Å². The van der Waals surface area contributed by atoms with Crippen LogP contribution in [0.5, 0.6) is 0 Å². The van der Waals surface area contributed by atoms with E-state index in [-0.39, 0.29) is 53.5 Å². The summed E-state index contributed by atoms with van der Waals surface area (Å²) < 4.78 is 0. The molecule has 0 aliphatic carbocycles. The number of nitrogen functional groups attached to an aromatic ring is 9. The molecule has 3 aromatic rings. The van der Waals surface area contributed by atoms with Gasteiger partial charge in [-0.3, -0.25) is 0 Å². The molecule has 0 saturated heterocycles. The van der Waals surface area contributed by atoms with Crippen molar-refractivity contribution in [3.05, 3.63) is 26.3 Å². The van der Waals surface area contributed by atoms with E-state index in [1.807, 2.05) is 0 Å². The lowest BCUT2D eigenvalue weighted by Gasteiger charge is -1.93. The third-order valence-electron chi connectivity index (χ3n) is 2.06. The zero-order chi connectivity index (χ0) is 24.6. The predicted octanol–water partition coefficient (Wildman–Crippen LogP) is -2.54. The molecule has 0 saturated carbocycles. The lowest BCUT2D eigenvalue weighted by Crippen LogP contribution is -2.05. The van der Waals surface area contributed by atoms with Crippen molar-refractivity contribution in [2.45, 2.75) is 0 Å². The molecule has 0 aliphatic heterocycles. The lowest BCUT2D eigenvalue weighted by atomic mass is 10.9. The Kier molecular flexibility index (Phi) is 13.3. The van der Waals surface area contributed by atoms with Crippen molar-refractivity contribution in [2.75, 3.05) is 51.6 Å². The van der Waals surface area contributed by atoms with Gasteiger partial charge in [-0.2, -0.15) is 44.9 Å². The molecule has 0 amide bonds. The summed E-state index contributed by atoms with van der Waals surface area (Å²) in [5.74, 6) is 0.375. The minimum absolute atomic E-state index is 0.0417. The van der Waals surface area contributed by atoms with Gasteiger partial charge in [-0.25, -0.2) is 0 Å². The Morgan fingerprint density at radius 2 is 0.323 bits per heavy atom. The number of hydrogen-bond acceptors (Lipinski definition) is 18. The fraction of sp³-hybridized carbons (Fsp3) is 0. The molecule has 18 N–H and O–H groups in total. The smallest absolute Gasteiger partial charge is 0.226 e. The molecule has 0 spiro atoms. The summed E-state index contributed by atoms with van der Waals surface area (Å²) in [6, 6.07) is 0. The summed E-state index contributed by atoms with van der Waals surface area (Å²) in [4.78, 5) is 31.4. The monoisotopic (exact) mass is 434 g/mol. The molecule has 31 heavy (non-hydrogen) atoms. The van der Waals surface area contributed by atoms with Crippen LogP contribution in [0.2, 0.25) is 0 Å². The first kappa shape index (κ1) is 27.9. The number of hydrogen-bond donors (Lipinski definition) is 9. The largest absolute Gasteiger partial charge is 0.368 e. The van der Waals surface area contributed by atoms with Crippen LogP contribution in [0.3, 0.4) is 0 Å². The molecule has 0 aromatic carbocycles. The quantitative estimate of drug-likeness (QED) is 0.164. The summed E-state index contributed by atoms with van der Waals surface area (Å²) in [6.45, 7) is 12.0. The molecular weight excluding hydrogens is 408 g/mol. The summed E-state index contributed by atoms with van der Waals surface area (Å²) in [5.41, 5.74) is 46.2. The summed E-state index contributed by atoms with van der Waals surface area (Å²) in [5, 5.41) is 0. The van der Waals surface area contributed by atoms with E-state index >= 15 is 0 Å². The molecule has 168 valence electrons. The standard InChI is InChI=1S/3C3H6N6.2C2H4/c3*4-1-7-2(5)9-3(6)8-1;2*1-2/h3*(H6,4,5,6,7,8,9);2*1-2H2. The summed E-state index contributed by atoms with van der Waals surface area (Å²) >= 11 is 0. The molecular formula is C13H26N18. The molecule has 0 atom stereocenters. The van der Waals surface area contributed by atoms with E-state index in [2.05, 4.69) is 71.2 Å². The third-order valence-corrected chi connectivity index (χ3v) is 2.06. The van der Waals surface area contributed by atoms with Crippen LogP contribution in [-0.2, 0) is 0 Å². The second-order valence-corrected chi connectivity index (χ2v) is 4.23. The minimum atomic E-state index is 0.0417. The predicted molar refractivity (Wildman–Crippen MR) is 122 cm³/mol. The van der Waals surface area contributed by atoms with Crippen LogP contribution in [0, 0.1) is 0 Å². The zero-order valence-electron chi connectivity index (χ0n) is 16.5. The maximum atomic E-state index is 5.14. The van der Waals surface area contributed by atoms with Crippen molar-refractivity contribution in [1.29, 1.82) is 0 Å². The van der Waals surface area contributed by atoms with Crippen LogP contribution >= 0.6 is 0 Å². The zero-order valence-corrected chi connectivity index (χ0v) is 16.5. The molecule has 18 nitrogen and oxygen atoms in total. The normalized spacial score (nSPS) is 8.39. The maximum absolute atomic E-state index is 5.14. The highest BCUT2D eigenvalue weighted by Crippen LogP contribution is 1.98. The van der Waals surface area contributed by atoms with Gasteiger partial charge in [0.15, 0.2) is 0 Å². The first-order chi connectivity index (χ1) is 14.5. The molecule has 0 bridgehead atoms. The Morgan fingerprint density at radius 3 is 0.387 bits per heavy atom. The fourth-order valence-corrected chi connectivity index (χ4v) is 1.28. The summed E-state index contributed by atoms with van der Waals surface area (Å²) in [6.07, 6.45) is 0. The number of anilines is 9. The van der Waals surface area contributed by atoms with E-state index in [0.717, 1.165) is 0 Å². The van der Waals surface area contributed by atoms with Gasteiger partial charge in [-0.05, 0) is 0 Å². The molecule has 18 heteroatoms. The highest BCUT2D eigenvalue weighted by atomic mass is 15.2. The highest BCUT2D eigenvalue weighted by Gasteiger charge is 1.95. The van der Waals surface area contributed by atoms with Crippen molar-refractivity contribution in [3.8, 4) is 0 Å². The Hall–Kier alpha value is -5.29. The highest BCUT2D eigenvalue weighted by molar-refractivity contribution is 5.34. The Labute approximate surface area is 177 Å². The molecule has 0 unspecified atom stereocenters. The van der Waals surface area contributed by atoms with Crippen LogP contribution in [0.25, 0.3) is 0 Å². The van der Waals surface area contributed by atoms with Crippen molar-refractivity contribution >= 4 is 53.5 Å². The van der Waals surface area contributed by atoms with Gasteiger partial charge in [-0.1, -0.05) is 0 Å². The SMILES string of the molecule is C=C.C=C.Nc1nc(N)nc(N)n1.Nc1nc(N)nc(N)n1.Nc1nc(N)nc(N)n1. The van der Waals surface area contributed by atoms with Crippen LogP contribution in [-0.4, -0.2) is 44.9 Å². The van der Waals surface area contributed by atoms with Crippen molar-refractivity contribution in [1.82, 2.24) is 44.9 Å². The minimum Gasteiger partial charge on any atom is -0.368 e. The van der Waals surface area contributed by atoms with E-state index < -0.39 is 0 Å². The first-order valence-electron chi connectivity index (χ1n) is 7.62.